The Kier molecular flexibility index (Phi) is 5.80. The predicted molar refractivity (Wildman–Crippen MR) is 95.2 cm³/mol. The number of carbonyl (C=O) groups excluding carboxylic acids is 1. The van der Waals surface area contributed by atoms with Crippen molar-refractivity contribution >= 4 is 11.6 Å². The summed E-state index contributed by atoms with van der Waals surface area (Å²) in [5, 5.41) is 2.84. The molecule has 2 rings (SSSR count). The molecule has 3 heteroatoms. The zero-order valence-electron chi connectivity index (χ0n) is 14.3. The van der Waals surface area contributed by atoms with Crippen molar-refractivity contribution in [3.8, 4) is 5.75 Å². The van der Waals surface area contributed by atoms with Crippen LogP contribution in [0.4, 0.5) is 5.69 Å². The number of rotatable bonds is 6. The van der Waals surface area contributed by atoms with Crippen LogP contribution in [-0.4, -0.2) is 12.5 Å². The van der Waals surface area contributed by atoms with E-state index in [1.165, 1.54) is 16.7 Å². The Morgan fingerprint density at radius 2 is 1.83 bits per heavy atom. The van der Waals surface area contributed by atoms with Gasteiger partial charge in [-0.25, -0.2) is 0 Å². The highest BCUT2D eigenvalue weighted by atomic mass is 16.5. The largest absolute Gasteiger partial charge is 0.484 e. The van der Waals surface area contributed by atoms with E-state index in [-0.39, 0.29) is 12.5 Å². The normalized spacial score (nSPS) is 10.7. The van der Waals surface area contributed by atoms with Gasteiger partial charge >= 0.3 is 0 Å². The second-order valence-electron chi connectivity index (χ2n) is 6.06. The number of benzene rings is 2. The number of carbonyl (C=O) groups is 1. The lowest BCUT2D eigenvalue weighted by Crippen LogP contribution is -2.20. The maximum absolute atomic E-state index is 12.0. The van der Waals surface area contributed by atoms with E-state index in [0.29, 0.717) is 5.92 Å². The Hall–Kier alpha value is -2.29. The second-order valence-corrected chi connectivity index (χ2v) is 6.06. The fraction of sp³-hybridized carbons (Fsp3) is 0.350. The molecule has 0 aromatic heterocycles. The van der Waals surface area contributed by atoms with E-state index in [1.54, 1.807) is 0 Å². The second kappa shape index (κ2) is 7.82. The lowest BCUT2D eigenvalue weighted by Gasteiger charge is -2.12. The molecule has 0 radical (unpaired) electrons. The highest BCUT2D eigenvalue weighted by Gasteiger charge is 2.07. The summed E-state index contributed by atoms with van der Waals surface area (Å²) >= 11 is 0. The van der Waals surface area contributed by atoms with Crippen LogP contribution in [0.1, 0.15) is 43.4 Å². The molecule has 0 aliphatic heterocycles. The first-order chi connectivity index (χ1) is 11.0. The van der Waals surface area contributed by atoms with E-state index in [0.717, 1.165) is 17.9 Å². The van der Waals surface area contributed by atoms with Crippen LogP contribution in [0.5, 0.6) is 5.75 Å². The quantitative estimate of drug-likeness (QED) is 0.840. The molecule has 0 aliphatic carbocycles. The summed E-state index contributed by atoms with van der Waals surface area (Å²) in [6.45, 7) is 8.52. The summed E-state index contributed by atoms with van der Waals surface area (Å²) in [6, 6.07) is 13.8. The zero-order valence-corrected chi connectivity index (χ0v) is 14.3. The first-order valence-corrected chi connectivity index (χ1v) is 8.11. The average molecular weight is 311 g/mol. The smallest absolute Gasteiger partial charge is 0.262 e. The Morgan fingerprint density at radius 3 is 2.39 bits per heavy atom. The van der Waals surface area contributed by atoms with Crippen molar-refractivity contribution in [3.05, 3.63) is 59.2 Å². The topological polar surface area (TPSA) is 38.3 Å². The van der Waals surface area contributed by atoms with Crippen molar-refractivity contribution < 1.29 is 9.53 Å². The van der Waals surface area contributed by atoms with E-state index in [2.05, 4.69) is 39.1 Å². The van der Waals surface area contributed by atoms with Crippen LogP contribution in [-0.2, 0) is 11.2 Å². The summed E-state index contributed by atoms with van der Waals surface area (Å²) in [5.74, 6) is 1.06. The summed E-state index contributed by atoms with van der Waals surface area (Å²) < 4.78 is 5.59. The predicted octanol–water partition coefficient (Wildman–Crippen LogP) is 4.70. The number of anilines is 1. The molecular formula is C20H25NO2. The number of nitrogens with one attached hydrogen (secondary N) is 1. The molecule has 0 saturated carbocycles. The average Bonchev–Trinajstić information content (AvgIpc) is 2.53. The molecule has 0 aliphatic rings. The molecule has 0 atom stereocenters. The summed E-state index contributed by atoms with van der Waals surface area (Å²) in [7, 11) is 0. The number of aryl methyl sites for hydroxylation is 2. The first-order valence-electron chi connectivity index (χ1n) is 8.11. The lowest BCUT2D eigenvalue weighted by atomic mass is 9.98. The zero-order chi connectivity index (χ0) is 16.8. The molecule has 23 heavy (non-hydrogen) atoms. The summed E-state index contributed by atoms with van der Waals surface area (Å²) in [4.78, 5) is 12.0. The van der Waals surface area contributed by atoms with Crippen LogP contribution in [0.15, 0.2) is 42.5 Å². The van der Waals surface area contributed by atoms with Crippen molar-refractivity contribution in [1.29, 1.82) is 0 Å². The van der Waals surface area contributed by atoms with Gasteiger partial charge in [0.1, 0.15) is 5.75 Å². The van der Waals surface area contributed by atoms with Gasteiger partial charge in [-0.05, 0) is 60.2 Å². The maximum atomic E-state index is 12.0. The summed E-state index contributed by atoms with van der Waals surface area (Å²) in [5.41, 5.74) is 4.54. The Labute approximate surface area is 138 Å². The SMILES string of the molecule is CCc1ccc(NC(=O)COc2ccc(C(C)C)c(C)c2)cc1. The molecule has 0 unspecified atom stereocenters. The molecule has 2 aromatic carbocycles. The molecule has 0 saturated heterocycles. The van der Waals surface area contributed by atoms with Crippen LogP contribution in [0, 0.1) is 6.92 Å². The minimum absolute atomic E-state index is 0.00992. The van der Waals surface area contributed by atoms with Gasteiger partial charge in [0.25, 0.3) is 5.91 Å². The monoisotopic (exact) mass is 311 g/mol. The van der Waals surface area contributed by atoms with Crippen LogP contribution in [0.2, 0.25) is 0 Å². The van der Waals surface area contributed by atoms with Crippen molar-refractivity contribution in [2.75, 3.05) is 11.9 Å². The van der Waals surface area contributed by atoms with Gasteiger partial charge in [0.15, 0.2) is 6.61 Å². The number of hydrogen-bond acceptors (Lipinski definition) is 2. The molecule has 122 valence electrons. The highest BCUT2D eigenvalue weighted by Crippen LogP contribution is 2.23. The van der Waals surface area contributed by atoms with Gasteiger partial charge in [-0.2, -0.15) is 0 Å². The number of ether oxygens (including phenoxy) is 1. The van der Waals surface area contributed by atoms with Crippen molar-refractivity contribution in [2.45, 2.75) is 40.0 Å². The fourth-order valence-electron chi connectivity index (χ4n) is 2.56. The van der Waals surface area contributed by atoms with Crippen LogP contribution in [0.3, 0.4) is 0 Å². The van der Waals surface area contributed by atoms with Gasteiger partial charge in [0.2, 0.25) is 0 Å². The van der Waals surface area contributed by atoms with Crippen LogP contribution >= 0.6 is 0 Å². The van der Waals surface area contributed by atoms with Gasteiger partial charge in [-0.3, -0.25) is 4.79 Å². The van der Waals surface area contributed by atoms with Gasteiger partial charge < -0.3 is 10.1 Å². The Morgan fingerprint density at radius 1 is 1.13 bits per heavy atom. The highest BCUT2D eigenvalue weighted by molar-refractivity contribution is 5.91. The molecule has 3 nitrogen and oxygen atoms in total. The van der Waals surface area contributed by atoms with E-state index >= 15 is 0 Å². The van der Waals surface area contributed by atoms with Gasteiger partial charge in [-0.15, -0.1) is 0 Å². The molecule has 0 bridgehead atoms. The fourth-order valence-corrected chi connectivity index (χ4v) is 2.56. The van der Waals surface area contributed by atoms with E-state index in [1.807, 2.05) is 36.4 Å². The molecular weight excluding hydrogens is 286 g/mol. The minimum Gasteiger partial charge on any atom is -0.484 e. The third-order valence-corrected chi connectivity index (χ3v) is 3.88. The molecule has 0 spiro atoms. The first kappa shape index (κ1) is 17.1. The van der Waals surface area contributed by atoms with E-state index < -0.39 is 0 Å². The van der Waals surface area contributed by atoms with Crippen molar-refractivity contribution in [2.24, 2.45) is 0 Å². The van der Waals surface area contributed by atoms with E-state index in [4.69, 9.17) is 4.74 Å². The van der Waals surface area contributed by atoms with Crippen LogP contribution < -0.4 is 10.1 Å². The molecule has 2 aromatic rings. The van der Waals surface area contributed by atoms with Crippen molar-refractivity contribution in [3.63, 3.8) is 0 Å². The van der Waals surface area contributed by atoms with Gasteiger partial charge in [0, 0.05) is 5.69 Å². The molecule has 1 N–H and O–H groups in total. The molecule has 0 heterocycles. The van der Waals surface area contributed by atoms with E-state index in [9.17, 15) is 4.79 Å². The third kappa shape index (κ3) is 4.85. The molecule has 0 fully saturated rings. The number of hydrogen-bond donors (Lipinski definition) is 1. The Bertz CT molecular complexity index is 660. The van der Waals surface area contributed by atoms with Crippen molar-refractivity contribution in [1.82, 2.24) is 0 Å². The lowest BCUT2D eigenvalue weighted by molar-refractivity contribution is -0.118. The third-order valence-electron chi connectivity index (χ3n) is 3.88. The number of amides is 1. The standard InChI is InChI=1S/C20H25NO2/c1-5-16-6-8-17(9-7-16)21-20(22)13-23-18-10-11-19(14(2)3)15(4)12-18/h6-12,14H,5,13H2,1-4H3,(H,21,22). The van der Waals surface area contributed by atoms with Gasteiger partial charge in [0.05, 0.1) is 0 Å². The summed E-state index contributed by atoms with van der Waals surface area (Å²) in [6.07, 6.45) is 0.989. The van der Waals surface area contributed by atoms with Gasteiger partial charge in [-0.1, -0.05) is 39.0 Å². The maximum Gasteiger partial charge on any atom is 0.262 e. The van der Waals surface area contributed by atoms with Crippen LogP contribution in [0.25, 0.3) is 0 Å². The minimum atomic E-state index is -0.153. The molecule has 1 amide bonds. The Balaban J connectivity index is 1.89.